The lowest BCUT2D eigenvalue weighted by Gasteiger charge is -2.35. The summed E-state index contributed by atoms with van der Waals surface area (Å²) in [6.45, 7) is 2.46. The Bertz CT molecular complexity index is 1760. The van der Waals surface area contributed by atoms with Crippen LogP contribution in [-0.2, 0) is 4.79 Å². The number of carbonyl (C=O) groups excluding carboxylic acids is 1. The number of benzene rings is 3. The van der Waals surface area contributed by atoms with Crippen molar-refractivity contribution in [1.82, 2.24) is 19.4 Å². The molecule has 3 aromatic carbocycles. The van der Waals surface area contributed by atoms with E-state index in [0.717, 1.165) is 39.2 Å². The van der Waals surface area contributed by atoms with E-state index in [1.54, 1.807) is 32.7 Å². The first-order valence-electron chi connectivity index (χ1n) is 13.7. The third-order valence-corrected chi connectivity index (χ3v) is 7.69. The normalized spacial score (nSPS) is 13.6. The van der Waals surface area contributed by atoms with Gasteiger partial charge in [0.05, 0.1) is 19.6 Å². The highest BCUT2D eigenvalue weighted by Gasteiger charge is 2.25. The fourth-order valence-corrected chi connectivity index (χ4v) is 5.50. The Labute approximate surface area is 249 Å². The lowest BCUT2D eigenvalue weighted by molar-refractivity contribution is -0.126. The van der Waals surface area contributed by atoms with Gasteiger partial charge in [-0.15, -0.1) is 0 Å². The highest BCUT2D eigenvalue weighted by atomic mass is 35.5. The summed E-state index contributed by atoms with van der Waals surface area (Å²) in [5, 5.41) is 1.63. The summed E-state index contributed by atoms with van der Waals surface area (Å²) in [4.78, 5) is 26.6. The number of rotatable bonds is 7. The van der Waals surface area contributed by atoms with Crippen LogP contribution in [0.1, 0.15) is 5.56 Å². The van der Waals surface area contributed by atoms with Crippen molar-refractivity contribution in [3.63, 3.8) is 0 Å². The number of aromatic nitrogens is 3. The minimum absolute atomic E-state index is 0.0330. The minimum Gasteiger partial charge on any atom is -0.493 e. The minimum atomic E-state index is -0.0330. The molecule has 9 heteroatoms. The number of anilines is 1. The molecule has 1 fully saturated rings. The first-order chi connectivity index (χ1) is 20.6. The molecule has 1 saturated heterocycles. The molecule has 1 aliphatic rings. The molecular formula is C33H30ClN5O3. The zero-order valence-electron chi connectivity index (χ0n) is 23.4. The average molecular weight is 580 g/mol. The van der Waals surface area contributed by atoms with E-state index in [2.05, 4.69) is 27.8 Å². The van der Waals surface area contributed by atoms with Gasteiger partial charge in [-0.3, -0.25) is 4.79 Å². The molecule has 2 aromatic heterocycles. The largest absolute Gasteiger partial charge is 0.493 e. The highest BCUT2D eigenvalue weighted by Crippen LogP contribution is 2.37. The predicted molar refractivity (Wildman–Crippen MR) is 167 cm³/mol. The van der Waals surface area contributed by atoms with Crippen molar-refractivity contribution in [1.29, 1.82) is 0 Å². The lowest BCUT2D eigenvalue weighted by atomic mass is 10.1. The van der Waals surface area contributed by atoms with Crippen molar-refractivity contribution in [3.05, 3.63) is 102 Å². The number of fused-ring (bicyclic) bond motifs is 1. The Kier molecular flexibility index (Phi) is 7.79. The summed E-state index contributed by atoms with van der Waals surface area (Å²) in [7, 11) is 3.19. The number of methoxy groups -OCH3 is 2. The van der Waals surface area contributed by atoms with Crippen molar-refractivity contribution in [2.75, 3.05) is 45.3 Å². The molecule has 8 nitrogen and oxygen atoms in total. The van der Waals surface area contributed by atoms with E-state index in [0.29, 0.717) is 42.7 Å². The maximum absolute atomic E-state index is 13.1. The van der Waals surface area contributed by atoms with Crippen LogP contribution < -0.4 is 14.4 Å². The van der Waals surface area contributed by atoms with Crippen LogP contribution in [0.25, 0.3) is 33.9 Å². The molecule has 0 unspecified atom stereocenters. The molecule has 1 amide bonds. The number of halogens is 1. The number of piperazine rings is 1. The van der Waals surface area contributed by atoms with Gasteiger partial charge < -0.3 is 23.8 Å². The molecule has 0 N–H and O–H groups in total. The third kappa shape index (κ3) is 5.41. The maximum Gasteiger partial charge on any atom is 0.246 e. The topological polar surface area (TPSA) is 72.7 Å². The molecule has 1 aliphatic heterocycles. The Morgan fingerprint density at radius 2 is 1.67 bits per heavy atom. The van der Waals surface area contributed by atoms with E-state index in [1.807, 2.05) is 65.6 Å². The predicted octanol–water partition coefficient (Wildman–Crippen LogP) is 6.12. The van der Waals surface area contributed by atoms with Crippen LogP contribution >= 0.6 is 11.6 Å². The van der Waals surface area contributed by atoms with Crippen LogP contribution in [0.2, 0.25) is 5.02 Å². The summed E-state index contributed by atoms with van der Waals surface area (Å²) in [5.41, 5.74) is 4.71. The summed E-state index contributed by atoms with van der Waals surface area (Å²) in [5.74, 6) is 2.09. The Morgan fingerprint density at radius 1 is 0.881 bits per heavy atom. The van der Waals surface area contributed by atoms with Gasteiger partial charge in [-0.25, -0.2) is 9.97 Å². The van der Waals surface area contributed by atoms with Crippen molar-refractivity contribution >= 4 is 40.4 Å². The smallest absolute Gasteiger partial charge is 0.246 e. The molecule has 212 valence electrons. The first-order valence-corrected chi connectivity index (χ1v) is 14.0. The van der Waals surface area contributed by atoms with Crippen molar-refractivity contribution < 1.29 is 14.3 Å². The molecular weight excluding hydrogens is 550 g/mol. The van der Waals surface area contributed by atoms with Crippen LogP contribution in [0.15, 0.2) is 91.4 Å². The van der Waals surface area contributed by atoms with Crippen LogP contribution in [-0.4, -0.2) is 65.7 Å². The molecule has 0 radical (unpaired) electrons. The molecule has 0 atom stereocenters. The van der Waals surface area contributed by atoms with E-state index < -0.39 is 0 Å². The van der Waals surface area contributed by atoms with Gasteiger partial charge in [-0.1, -0.05) is 54.1 Å². The fraction of sp³-hybridized carbons (Fsp3) is 0.182. The van der Waals surface area contributed by atoms with Gasteiger partial charge in [0.1, 0.15) is 12.1 Å². The lowest BCUT2D eigenvalue weighted by Crippen LogP contribution is -2.48. The van der Waals surface area contributed by atoms with Gasteiger partial charge in [0.25, 0.3) is 0 Å². The Morgan fingerprint density at radius 3 is 2.40 bits per heavy atom. The molecule has 0 bridgehead atoms. The monoisotopic (exact) mass is 579 g/mol. The van der Waals surface area contributed by atoms with E-state index >= 15 is 0 Å². The van der Waals surface area contributed by atoms with Gasteiger partial charge in [0.15, 0.2) is 17.1 Å². The molecule has 42 heavy (non-hydrogen) atoms. The number of ether oxygens (including phenoxy) is 2. The summed E-state index contributed by atoms with van der Waals surface area (Å²) < 4.78 is 12.7. The van der Waals surface area contributed by atoms with E-state index in [4.69, 9.17) is 31.0 Å². The molecule has 0 aliphatic carbocycles. The van der Waals surface area contributed by atoms with Crippen LogP contribution in [0.3, 0.4) is 0 Å². The zero-order chi connectivity index (χ0) is 29.1. The molecule has 0 spiro atoms. The van der Waals surface area contributed by atoms with Crippen LogP contribution in [0, 0.1) is 0 Å². The molecule has 0 saturated carbocycles. The highest BCUT2D eigenvalue weighted by molar-refractivity contribution is 6.30. The Hall–Kier alpha value is -4.82. The van der Waals surface area contributed by atoms with Gasteiger partial charge in [0, 0.05) is 54.7 Å². The average Bonchev–Trinajstić information content (AvgIpc) is 3.44. The van der Waals surface area contributed by atoms with Gasteiger partial charge >= 0.3 is 0 Å². The van der Waals surface area contributed by atoms with E-state index in [-0.39, 0.29) is 5.91 Å². The number of hydrogen-bond donors (Lipinski definition) is 0. The standard InChI is InChI=1S/C33H30ClN5O3/c1-41-28-13-11-23(19-29(28)42-2)12-14-30(40)37-15-17-38(18-16-37)32-31-27(24-7-4-3-5-8-24)21-39(33(31)36-22-35-32)26-10-6-9-25(34)20-26/h3-14,19-22H,15-18H2,1-2H3/b14-12+. The SMILES string of the molecule is COc1ccc(/C=C/C(=O)N2CCN(c3ncnc4c3c(-c3ccccc3)cn4-c3cccc(Cl)c3)CC2)cc1OC. The van der Waals surface area contributed by atoms with Gasteiger partial charge in [0.2, 0.25) is 5.91 Å². The zero-order valence-corrected chi connectivity index (χ0v) is 24.2. The maximum atomic E-state index is 13.1. The molecule has 6 rings (SSSR count). The summed E-state index contributed by atoms with van der Waals surface area (Å²) >= 11 is 6.34. The summed E-state index contributed by atoms with van der Waals surface area (Å²) in [6.07, 6.45) is 7.12. The molecule has 5 aromatic rings. The number of carbonyl (C=O) groups is 1. The third-order valence-electron chi connectivity index (χ3n) is 7.45. The van der Waals surface area contributed by atoms with E-state index in [1.165, 1.54) is 0 Å². The number of hydrogen-bond acceptors (Lipinski definition) is 6. The van der Waals surface area contributed by atoms with Crippen molar-refractivity contribution in [2.24, 2.45) is 0 Å². The van der Waals surface area contributed by atoms with Gasteiger partial charge in [-0.2, -0.15) is 0 Å². The first kappa shape index (κ1) is 27.4. The second kappa shape index (κ2) is 12.0. The number of amides is 1. The van der Waals surface area contributed by atoms with Gasteiger partial charge in [-0.05, 0) is 47.5 Å². The van der Waals surface area contributed by atoms with Crippen LogP contribution in [0.5, 0.6) is 11.5 Å². The van der Waals surface area contributed by atoms with Crippen molar-refractivity contribution in [3.8, 4) is 28.3 Å². The Balaban J connectivity index is 1.26. The second-order valence-corrected chi connectivity index (χ2v) is 10.4. The quantitative estimate of drug-likeness (QED) is 0.216. The van der Waals surface area contributed by atoms with Crippen molar-refractivity contribution in [2.45, 2.75) is 0 Å². The number of nitrogens with zero attached hydrogens (tertiary/aromatic N) is 5. The molecule has 3 heterocycles. The second-order valence-electron chi connectivity index (χ2n) is 9.91. The fourth-order valence-electron chi connectivity index (χ4n) is 5.31. The van der Waals surface area contributed by atoms with E-state index in [9.17, 15) is 4.79 Å². The van der Waals surface area contributed by atoms with Crippen LogP contribution in [0.4, 0.5) is 5.82 Å². The summed E-state index contributed by atoms with van der Waals surface area (Å²) in [6, 6.07) is 23.6.